The van der Waals surface area contributed by atoms with Crippen molar-refractivity contribution in [2.75, 3.05) is 33.8 Å². The highest BCUT2D eigenvalue weighted by Gasteiger charge is 2.46. The molecule has 1 saturated heterocycles. The second-order valence-electron chi connectivity index (χ2n) is 9.51. The smallest absolute Gasteiger partial charge is 0.295 e. The Balaban J connectivity index is 2.07. The van der Waals surface area contributed by atoms with Gasteiger partial charge in [-0.25, -0.2) is 0 Å². The van der Waals surface area contributed by atoms with E-state index in [0.717, 1.165) is 12.1 Å². The number of aryl methyl sites for hydroxylation is 1. The number of hydrogen-bond donors (Lipinski definition) is 1. The SMILES string of the molecule is Cc1cc(C(O)=C2C(=O)C(=O)N(CCCN(C)C)[C@H]2c2ccc(Cl)c(Cl)c2)ccc1OCC(C)C. The van der Waals surface area contributed by atoms with Gasteiger partial charge in [0.25, 0.3) is 11.7 Å². The molecule has 8 heteroatoms. The molecule has 3 rings (SSSR count). The molecule has 0 bridgehead atoms. The Labute approximate surface area is 217 Å². The number of Topliss-reactive ketones (excluding diaryl/α,β-unsaturated/α-hetero) is 1. The van der Waals surface area contributed by atoms with Crippen LogP contribution in [0.4, 0.5) is 0 Å². The van der Waals surface area contributed by atoms with Crippen LogP contribution < -0.4 is 4.74 Å². The van der Waals surface area contributed by atoms with Crippen LogP contribution in [0.3, 0.4) is 0 Å². The van der Waals surface area contributed by atoms with E-state index in [1.165, 1.54) is 4.90 Å². The van der Waals surface area contributed by atoms with Gasteiger partial charge in [-0.05, 0) is 81.4 Å². The number of aliphatic hydroxyl groups excluding tert-OH is 1. The molecule has 1 aliphatic heterocycles. The maximum atomic E-state index is 13.2. The van der Waals surface area contributed by atoms with Crippen LogP contribution in [0, 0.1) is 12.8 Å². The number of nitrogens with zero attached hydrogens (tertiary/aromatic N) is 2. The fourth-order valence-electron chi connectivity index (χ4n) is 4.07. The highest BCUT2D eigenvalue weighted by molar-refractivity contribution is 6.46. The number of ether oxygens (including phenoxy) is 1. The Morgan fingerprint density at radius 1 is 1.11 bits per heavy atom. The summed E-state index contributed by atoms with van der Waals surface area (Å²) in [6, 6.07) is 9.45. The van der Waals surface area contributed by atoms with Crippen LogP contribution in [-0.4, -0.2) is 60.4 Å². The maximum absolute atomic E-state index is 13.2. The third-order valence-electron chi connectivity index (χ3n) is 5.82. The molecule has 0 radical (unpaired) electrons. The second-order valence-corrected chi connectivity index (χ2v) is 10.3. The monoisotopic (exact) mass is 518 g/mol. The number of likely N-dealkylation sites (tertiary alicyclic amines) is 1. The van der Waals surface area contributed by atoms with E-state index in [0.29, 0.717) is 52.4 Å². The zero-order chi connectivity index (χ0) is 25.9. The van der Waals surface area contributed by atoms with Gasteiger partial charge in [-0.2, -0.15) is 0 Å². The molecule has 35 heavy (non-hydrogen) atoms. The molecule has 0 aromatic heterocycles. The predicted molar refractivity (Wildman–Crippen MR) is 140 cm³/mol. The van der Waals surface area contributed by atoms with Crippen LogP contribution in [0.5, 0.6) is 5.75 Å². The fraction of sp³-hybridized carbons (Fsp3) is 0.407. The molecule has 1 N–H and O–H groups in total. The minimum Gasteiger partial charge on any atom is -0.507 e. The van der Waals surface area contributed by atoms with E-state index in [-0.39, 0.29) is 11.3 Å². The van der Waals surface area contributed by atoms with E-state index >= 15 is 0 Å². The number of hydrogen-bond acceptors (Lipinski definition) is 5. The molecule has 2 aromatic rings. The number of halogens is 2. The summed E-state index contributed by atoms with van der Waals surface area (Å²) in [6.07, 6.45) is 0.666. The standard InChI is InChI=1S/C27H32Cl2N2O4/c1-16(2)15-35-22-10-8-19(13-17(22)3)25(32)23-24(18-7-9-20(28)21(29)14-18)31(27(34)26(23)33)12-6-11-30(4)5/h7-10,13-14,16,24,32H,6,11-12,15H2,1-5H3/t24-/m0/s1. The second kappa shape index (κ2) is 11.5. The number of ketones is 1. The van der Waals surface area contributed by atoms with Gasteiger partial charge in [0.05, 0.1) is 28.3 Å². The lowest BCUT2D eigenvalue weighted by molar-refractivity contribution is -0.139. The van der Waals surface area contributed by atoms with Crippen molar-refractivity contribution in [2.24, 2.45) is 5.92 Å². The average Bonchev–Trinajstić information content (AvgIpc) is 3.04. The van der Waals surface area contributed by atoms with Gasteiger partial charge < -0.3 is 19.6 Å². The highest BCUT2D eigenvalue weighted by Crippen LogP contribution is 2.41. The average molecular weight is 519 g/mol. The number of carbonyl (C=O) groups excluding carboxylic acids is 2. The van der Waals surface area contributed by atoms with Gasteiger partial charge in [0.2, 0.25) is 0 Å². The van der Waals surface area contributed by atoms with Crippen LogP contribution in [-0.2, 0) is 9.59 Å². The molecule has 0 unspecified atom stereocenters. The minimum absolute atomic E-state index is 0.0356. The van der Waals surface area contributed by atoms with Gasteiger partial charge in [0, 0.05) is 12.1 Å². The first kappa shape index (κ1) is 27.1. The van der Waals surface area contributed by atoms with Crippen LogP contribution in [0.2, 0.25) is 10.0 Å². The van der Waals surface area contributed by atoms with E-state index in [1.807, 2.05) is 25.9 Å². The molecule has 0 aliphatic carbocycles. The van der Waals surface area contributed by atoms with Gasteiger partial charge in [0.15, 0.2) is 0 Å². The summed E-state index contributed by atoms with van der Waals surface area (Å²) < 4.78 is 5.83. The lowest BCUT2D eigenvalue weighted by Gasteiger charge is -2.26. The van der Waals surface area contributed by atoms with E-state index in [1.54, 1.807) is 36.4 Å². The van der Waals surface area contributed by atoms with Crippen molar-refractivity contribution in [3.63, 3.8) is 0 Å². The lowest BCUT2D eigenvalue weighted by atomic mass is 9.94. The molecule has 1 amide bonds. The molecule has 1 atom stereocenters. The van der Waals surface area contributed by atoms with Crippen LogP contribution >= 0.6 is 23.2 Å². The Bertz CT molecular complexity index is 1140. The molecule has 6 nitrogen and oxygen atoms in total. The summed E-state index contributed by atoms with van der Waals surface area (Å²) in [6.45, 7) is 7.68. The van der Waals surface area contributed by atoms with Crippen LogP contribution in [0.1, 0.15) is 43.0 Å². The number of rotatable bonds is 9. The molecule has 1 aliphatic rings. The van der Waals surface area contributed by atoms with E-state index in [2.05, 4.69) is 13.8 Å². The molecular weight excluding hydrogens is 487 g/mol. The number of carbonyl (C=O) groups is 2. The fourth-order valence-corrected chi connectivity index (χ4v) is 4.37. The Kier molecular flexibility index (Phi) is 8.86. The summed E-state index contributed by atoms with van der Waals surface area (Å²) in [4.78, 5) is 29.8. The number of benzene rings is 2. The Hall–Kier alpha value is -2.54. The molecule has 2 aromatic carbocycles. The molecule has 1 fully saturated rings. The Morgan fingerprint density at radius 3 is 2.43 bits per heavy atom. The molecular formula is C27H32Cl2N2O4. The first-order valence-electron chi connectivity index (χ1n) is 11.6. The van der Waals surface area contributed by atoms with Crippen LogP contribution in [0.25, 0.3) is 5.76 Å². The topological polar surface area (TPSA) is 70.1 Å². The number of amides is 1. The van der Waals surface area contributed by atoms with Gasteiger partial charge in [0.1, 0.15) is 11.5 Å². The Morgan fingerprint density at radius 2 is 1.83 bits per heavy atom. The summed E-state index contributed by atoms with van der Waals surface area (Å²) in [5.41, 5.74) is 1.91. The summed E-state index contributed by atoms with van der Waals surface area (Å²) >= 11 is 12.4. The zero-order valence-corrected chi connectivity index (χ0v) is 22.3. The van der Waals surface area contributed by atoms with Crippen molar-refractivity contribution in [3.8, 4) is 5.75 Å². The molecule has 0 saturated carbocycles. The minimum atomic E-state index is -0.774. The predicted octanol–water partition coefficient (Wildman–Crippen LogP) is 5.71. The summed E-state index contributed by atoms with van der Waals surface area (Å²) in [5, 5.41) is 12.0. The van der Waals surface area contributed by atoms with E-state index in [4.69, 9.17) is 27.9 Å². The summed E-state index contributed by atoms with van der Waals surface area (Å²) in [7, 11) is 3.89. The molecule has 1 heterocycles. The van der Waals surface area contributed by atoms with Gasteiger partial charge in [-0.1, -0.05) is 43.1 Å². The first-order chi connectivity index (χ1) is 16.5. The van der Waals surface area contributed by atoms with Crippen LogP contribution in [0.15, 0.2) is 42.0 Å². The zero-order valence-electron chi connectivity index (χ0n) is 20.8. The highest BCUT2D eigenvalue weighted by atomic mass is 35.5. The third-order valence-corrected chi connectivity index (χ3v) is 6.56. The molecule has 0 spiro atoms. The first-order valence-corrected chi connectivity index (χ1v) is 12.4. The quantitative estimate of drug-likeness (QED) is 0.261. The van der Waals surface area contributed by atoms with Crippen molar-refractivity contribution in [1.29, 1.82) is 0 Å². The van der Waals surface area contributed by atoms with Gasteiger partial charge in [-0.3, -0.25) is 9.59 Å². The summed E-state index contributed by atoms with van der Waals surface area (Å²) in [5.74, 6) is -0.512. The molecule has 188 valence electrons. The van der Waals surface area contributed by atoms with Crippen molar-refractivity contribution in [2.45, 2.75) is 33.2 Å². The maximum Gasteiger partial charge on any atom is 0.295 e. The van der Waals surface area contributed by atoms with Crippen molar-refractivity contribution < 1.29 is 19.4 Å². The van der Waals surface area contributed by atoms with Crippen molar-refractivity contribution in [3.05, 3.63) is 68.7 Å². The largest absolute Gasteiger partial charge is 0.507 e. The number of aliphatic hydroxyl groups is 1. The van der Waals surface area contributed by atoms with Crippen molar-refractivity contribution >= 4 is 40.7 Å². The van der Waals surface area contributed by atoms with Crippen molar-refractivity contribution in [1.82, 2.24) is 9.80 Å². The van der Waals surface area contributed by atoms with Gasteiger partial charge >= 0.3 is 0 Å². The van der Waals surface area contributed by atoms with Gasteiger partial charge in [-0.15, -0.1) is 0 Å². The lowest BCUT2D eigenvalue weighted by Crippen LogP contribution is -2.32. The normalized spacial score (nSPS) is 17.6. The van der Waals surface area contributed by atoms with E-state index in [9.17, 15) is 14.7 Å². The third kappa shape index (κ3) is 6.18. The van der Waals surface area contributed by atoms with E-state index < -0.39 is 17.7 Å².